The van der Waals surface area contributed by atoms with Crippen molar-refractivity contribution in [2.45, 2.75) is 64.1 Å². The molecule has 29 heavy (non-hydrogen) atoms. The quantitative estimate of drug-likeness (QED) is 0.617. The zero-order chi connectivity index (χ0) is 21.8. The monoisotopic (exact) mass is 414 g/mol. The maximum Gasteiger partial charge on any atom is 0.410 e. The minimum Gasteiger partial charge on any atom is -0.469 e. The summed E-state index contributed by atoms with van der Waals surface area (Å²) in [5.74, 6) is -1.48. The van der Waals surface area contributed by atoms with Gasteiger partial charge in [0.1, 0.15) is 5.60 Å². The Morgan fingerprint density at radius 2 is 1.45 bits per heavy atom. The number of ether oxygens (including phenoxy) is 2. The van der Waals surface area contributed by atoms with E-state index in [0.717, 1.165) is 0 Å². The zero-order valence-corrected chi connectivity index (χ0v) is 17.8. The summed E-state index contributed by atoms with van der Waals surface area (Å²) in [4.78, 5) is 41.2. The van der Waals surface area contributed by atoms with E-state index in [1.165, 1.54) is 12.0 Å². The Morgan fingerprint density at radius 3 is 1.97 bits per heavy atom. The third-order valence-electron chi connectivity index (χ3n) is 5.67. The molecule has 0 radical (unpaired) electrons. The van der Waals surface area contributed by atoms with Crippen molar-refractivity contribution in [3.63, 3.8) is 0 Å². The second-order valence-corrected chi connectivity index (χ2v) is 8.68. The largest absolute Gasteiger partial charge is 0.469 e. The van der Waals surface area contributed by atoms with Crippen molar-refractivity contribution in [2.24, 2.45) is 11.8 Å². The van der Waals surface area contributed by atoms with Gasteiger partial charge in [-0.2, -0.15) is 0 Å². The highest BCUT2D eigenvalue weighted by molar-refractivity contribution is 5.84. The van der Waals surface area contributed by atoms with Crippen LogP contribution >= 0.6 is 0 Å². The molecule has 0 unspecified atom stereocenters. The number of carbonyl (C=O) groups is 3. The van der Waals surface area contributed by atoms with E-state index in [1.54, 1.807) is 25.7 Å². The smallest absolute Gasteiger partial charge is 0.410 e. The molecular weight excluding hydrogens is 380 g/mol. The third kappa shape index (κ3) is 5.39. The molecule has 2 fully saturated rings. The molecule has 0 saturated carbocycles. The molecule has 0 aromatic carbocycles. The van der Waals surface area contributed by atoms with Crippen LogP contribution in [0.1, 0.15) is 46.5 Å². The van der Waals surface area contributed by atoms with Gasteiger partial charge in [0.05, 0.1) is 18.9 Å². The summed E-state index contributed by atoms with van der Waals surface area (Å²) in [6, 6.07) is -0.889. The fourth-order valence-corrected chi connectivity index (χ4v) is 4.43. The van der Waals surface area contributed by atoms with Crippen molar-refractivity contribution in [1.82, 2.24) is 9.80 Å². The number of hydrogen-bond acceptors (Lipinski definition) is 7. The van der Waals surface area contributed by atoms with Crippen molar-refractivity contribution in [1.29, 1.82) is 0 Å². The molecule has 2 aliphatic rings. The van der Waals surface area contributed by atoms with Crippen LogP contribution < -0.4 is 0 Å². The standard InChI is InChI=1S/C20H34N2O7/c1-20(2,3)29-19(27)22-10-5-13(15(22)7-11-23)17(25)21-9-6-14(18(26)28-4)16(21)8-12-24/h13-16,23-24H,5-12H2,1-4H3/t13-,14-,15+,16+/m0/s1. The molecule has 2 rings (SSSR count). The van der Waals surface area contributed by atoms with Gasteiger partial charge >= 0.3 is 12.1 Å². The van der Waals surface area contributed by atoms with Gasteiger partial charge in [-0.15, -0.1) is 0 Å². The van der Waals surface area contributed by atoms with Crippen LogP contribution in [0.3, 0.4) is 0 Å². The molecule has 0 aromatic heterocycles. The second kappa shape index (κ2) is 9.75. The van der Waals surface area contributed by atoms with E-state index in [-0.39, 0.29) is 31.5 Å². The predicted octanol–water partition coefficient (Wildman–Crippen LogP) is 0.767. The Hall–Kier alpha value is -1.87. The van der Waals surface area contributed by atoms with Crippen LogP contribution in [0.2, 0.25) is 0 Å². The van der Waals surface area contributed by atoms with Crippen LogP contribution in [0.15, 0.2) is 0 Å². The van der Waals surface area contributed by atoms with E-state index in [0.29, 0.717) is 32.4 Å². The number of esters is 1. The van der Waals surface area contributed by atoms with Gasteiger partial charge in [-0.05, 0) is 46.5 Å². The Labute approximate surface area is 171 Å². The topological polar surface area (TPSA) is 117 Å². The number of aliphatic hydroxyl groups is 2. The van der Waals surface area contributed by atoms with Crippen molar-refractivity contribution in [3.8, 4) is 0 Å². The van der Waals surface area contributed by atoms with Crippen LogP contribution in [0.4, 0.5) is 4.79 Å². The molecule has 2 amide bonds. The van der Waals surface area contributed by atoms with Gasteiger partial charge in [-0.25, -0.2) is 4.79 Å². The number of carbonyl (C=O) groups excluding carboxylic acids is 3. The second-order valence-electron chi connectivity index (χ2n) is 8.68. The first-order valence-corrected chi connectivity index (χ1v) is 10.2. The molecule has 9 heteroatoms. The Bertz CT molecular complexity index is 604. The number of likely N-dealkylation sites (tertiary alicyclic amines) is 2. The summed E-state index contributed by atoms with van der Waals surface area (Å²) in [7, 11) is 1.32. The lowest BCUT2D eigenvalue weighted by atomic mass is 9.94. The maximum atomic E-state index is 13.4. The average molecular weight is 414 g/mol. The van der Waals surface area contributed by atoms with Gasteiger partial charge in [0.2, 0.25) is 5.91 Å². The highest BCUT2D eigenvalue weighted by Gasteiger charge is 2.48. The lowest BCUT2D eigenvalue weighted by Crippen LogP contribution is -2.48. The van der Waals surface area contributed by atoms with Gasteiger partial charge < -0.3 is 29.5 Å². The van der Waals surface area contributed by atoms with Crippen LogP contribution in [-0.4, -0.2) is 89.1 Å². The van der Waals surface area contributed by atoms with E-state index in [2.05, 4.69) is 0 Å². The van der Waals surface area contributed by atoms with E-state index in [4.69, 9.17) is 9.47 Å². The van der Waals surface area contributed by atoms with E-state index < -0.39 is 35.6 Å². The van der Waals surface area contributed by atoms with Gasteiger partial charge in [-0.1, -0.05) is 0 Å². The van der Waals surface area contributed by atoms with Crippen LogP contribution in [0, 0.1) is 11.8 Å². The van der Waals surface area contributed by atoms with E-state index >= 15 is 0 Å². The molecule has 0 aromatic rings. The van der Waals surface area contributed by atoms with Gasteiger partial charge in [-0.3, -0.25) is 9.59 Å². The Kier molecular flexibility index (Phi) is 7.87. The van der Waals surface area contributed by atoms with Crippen molar-refractivity contribution in [3.05, 3.63) is 0 Å². The normalized spacial score (nSPS) is 27.2. The first-order chi connectivity index (χ1) is 13.6. The summed E-state index contributed by atoms with van der Waals surface area (Å²) in [6.45, 7) is 5.81. The number of rotatable bonds is 6. The fourth-order valence-electron chi connectivity index (χ4n) is 4.43. The summed E-state index contributed by atoms with van der Waals surface area (Å²) >= 11 is 0. The SMILES string of the molecule is COC(=O)[C@H]1CCN(C(=O)[C@H]2CCN(C(=O)OC(C)(C)C)[C@@H]2CCO)[C@@H]1CCO. The Morgan fingerprint density at radius 1 is 0.931 bits per heavy atom. The third-order valence-corrected chi connectivity index (χ3v) is 5.67. The number of amides is 2. The number of methoxy groups -OCH3 is 1. The van der Waals surface area contributed by atoms with Crippen LogP contribution in [-0.2, 0) is 19.1 Å². The van der Waals surface area contributed by atoms with Crippen molar-refractivity contribution >= 4 is 18.0 Å². The molecule has 0 spiro atoms. The molecule has 0 bridgehead atoms. The maximum absolute atomic E-state index is 13.4. The number of hydrogen-bond donors (Lipinski definition) is 2. The molecule has 9 nitrogen and oxygen atoms in total. The van der Waals surface area contributed by atoms with Gasteiger partial charge in [0, 0.05) is 38.4 Å². The molecule has 2 aliphatic heterocycles. The minimum absolute atomic E-state index is 0.142. The molecule has 0 aliphatic carbocycles. The lowest BCUT2D eigenvalue weighted by molar-refractivity contribution is -0.147. The molecule has 2 heterocycles. The molecule has 4 atom stereocenters. The van der Waals surface area contributed by atoms with Gasteiger partial charge in [0.15, 0.2) is 0 Å². The van der Waals surface area contributed by atoms with Gasteiger partial charge in [0.25, 0.3) is 0 Å². The summed E-state index contributed by atoms with van der Waals surface area (Å²) < 4.78 is 10.3. The number of aliphatic hydroxyl groups excluding tert-OH is 2. The number of nitrogens with zero attached hydrogens (tertiary/aromatic N) is 2. The highest BCUT2D eigenvalue weighted by atomic mass is 16.6. The lowest BCUT2D eigenvalue weighted by Gasteiger charge is -2.33. The average Bonchev–Trinajstić information content (AvgIpc) is 3.24. The van der Waals surface area contributed by atoms with E-state index in [1.807, 2.05) is 0 Å². The summed E-state index contributed by atoms with van der Waals surface area (Å²) in [5.41, 5.74) is -0.655. The molecular formula is C20H34N2O7. The first-order valence-electron chi connectivity index (χ1n) is 10.2. The van der Waals surface area contributed by atoms with Crippen LogP contribution in [0.25, 0.3) is 0 Å². The van der Waals surface area contributed by atoms with Crippen LogP contribution in [0.5, 0.6) is 0 Å². The zero-order valence-electron chi connectivity index (χ0n) is 17.8. The highest BCUT2D eigenvalue weighted by Crippen LogP contribution is 2.35. The fraction of sp³-hybridized carbons (Fsp3) is 0.850. The predicted molar refractivity (Wildman–Crippen MR) is 104 cm³/mol. The first kappa shape index (κ1) is 23.4. The van der Waals surface area contributed by atoms with E-state index in [9.17, 15) is 24.6 Å². The Balaban J connectivity index is 2.18. The van der Waals surface area contributed by atoms with Crippen molar-refractivity contribution in [2.75, 3.05) is 33.4 Å². The summed E-state index contributed by atoms with van der Waals surface area (Å²) in [6.07, 6.45) is 1.02. The summed E-state index contributed by atoms with van der Waals surface area (Å²) in [5, 5.41) is 18.9. The molecule has 2 saturated heterocycles. The molecule has 166 valence electrons. The minimum atomic E-state index is -0.655. The molecule has 2 N–H and O–H groups in total. The van der Waals surface area contributed by atoms with Crippen molar-refractivity contribution < 1.29 is 34.1 Å².